The van der Waals surface area contributed by atoms with Crippen molar-refractivity contribution in [2.45, 2.75) is 20.6 Å². The van der Waals surface area contributed by atoms with Gasteiger partial charge in [-0.3, -0.25) is 4.79 Å². The predicted octanol–water partition coefficient (Wildman–Crippen LogP) is -1.64. The van der Waals surface area contributed by atoms with Crippen molar-refractivity contribution >= 4 is 11.6 Å². The van der Waals surface area contributed by atoms with Crippen LogP contribution >= 0.6 is 0 Å². The fourth-order valence-electron chi connectivity index (χ4n) is 1.10. The molecular weight excluding hydrogens is 228 g/mol. The minimum Gasteiger partial charge on any atom is -0.374 e. The van der Waals surface area contributed by atoms with E-state index >= 15 is 0 Å². The molecule has 0 fully saturated rings. The van der Waals surface area contributed by atoms with E-state index < -0.39 is 18.3 Å². The number of hydrogen-bond donors (Lipinski definition) is 2. The maximum Gasteiger partial charge on any atom is 0.355 e. The van der Waals surface area contributed by atoms with E-state index in [1.165, 1.54) is 0 Å². The third-order valence-electron chi connectivity index (χ3n) is 1.78. The Hall–Kier alpha value is -2.29. The first kappa shape index (κ1) is 12.8. The van der Waals surface area contributed by atoms with E-state index in [1.807, 2.05) is 13.8 Å². The zero-order valence-electron chi connectivity index (χ0n) is 9.36. The lowest BCUT2D eigenvalue weighted by Crippen LogP contribution is -2.30. The van der Waals surface area contributed by atoms with Crippen molar-refractivity contribution in [3.05, 3.63) is 22.5 Å². The summed E-state index contributed by atoms with van der Waals surface area (Å²) < 4.78 is 1.68. The Balaban J connectivity index is 0.000000686. The minimum absolute atomic E-state index is 0.0304. The maximum absolute atomic E-state index is 11.5. The largest absolute Gasteiger partial charge is 0.374 e. The van der Waals surface area contributed by atoms with Gasteiger partial charge in [-0.25, -0.2) is 14.2 Å². The van der Waals surface area contributed by atoms with Gasteiger partial charge in [-0.05, 0) is 0 Å². The zero-order chi connectivity index (χ0) is 13.0. The number of carbonyl (C=O) groups excluding carboxylic acids is 1. The summed E-state index contributed by atoms with van der Waals surface area (Å²) in [4.78, 5) is 26.0. The number of nitrogens with two attached hydrogens (primary N) is 1. The summed E-state index contributed by atoms with van der Waals surface area (Å²) in [5, 5.41) is 15.7. The summed E-state index contributed by atoms with van der Waals surface area (Å²) in [6.45, 7) is 3.39. The van der Waals surface area contributed by atoms with E-state index in [9.17, 15) is 9.59 Å². The molecule has 0 aromatic carbocycles. The summed E-state index contributed by atoms with van der Waals surface area (Å²) in [7, 11) is 0. The van der Waals surface area contributed by atoms with Crippen molar-refractivity contribution in [2.24, 2.45) is 5.73 Å². The molecule has 2 aromatic rings. The van der Waals surface area contributed by atoms with Gasteiger partial charge < -0.3 is 10.8 Å². The molecule has 0 aliphatic heterocycles. The quantitative estimate of drug-likeness (QED) is 0.647. The summed E-state index contributed by atoms with van der Waals surface area (Å²) in [5.74, 6) is -0.798. The molecule has 0 aliphatic rings. The fourth-order valence-corrected chi connectivity index (χ4v) is 1.10. The number of aliphatic hydroxyl groups is 1. The average Bonchev–Trinajstić information content (AvgIpc) is 2.77. The van der Waals surface area contributed by atoms with Crippen molar-refractivity contribution in [1.29, 1.82) is 0 Å². The fraction of sp³-hybridized carbons (Fsp3) is 0.375. The molecule has 0 aliphatic carbocycles. The molecule has 17 heavy (non-hydrogen) atoms. The highest BCUT2D eigenvalue weighted by molar-refractivity contribution is 5.96. The van der Waals surface area contributed by atoms with Crippen LogP contribution in [0.25, 0.3) is 5.65 Å². The van der Waals surface area contributed by atoms with Crippen LogP contribution in [0.5, 0.6) is 0 Å². The number of imidazole rings is 1. The van der Waals surface area contributed by atoms with Crippen molar-refractivity contribution < 1.29 is 9.90 Å². The molecule has 0 atom stereocenters. The number of primary amides is 1. The van der Waals surface area contributed by atoms with Gasteiger partial charge in [0.1, 0.15) is 13.1 Å². The van der Waals surface area contributed by atoms with E-state index in [1.54, 1.807) is 0 Å². The van der Waals surface area contributed by atoms with Gasteiger partial charge in [-0.1, -0.05) is 19.1 Å². The Morgan fingerprint density at radius 1 is 1.53 bits per heavy atom. The Morgan fingerprint density at radius 2 is 2.18 bits per heavy atom. The van der Waals surface area contributed by atoms with Crippen LogP contribution in [0.4, 0.5) is 0 Å². The third kappa shape index (κ3) is 2.13. The van der Waals surface area contributed by atoms with Crippen molar-refractivity contribution in [2.75, 3.05) is 0 Å². The Morgan fingerprint density at radius 3 is 2.71 bits per heavy atom. The number of aliphatic hydroxyl groups excluding tert-OH is 1. The highest BCUT2D eigenvalue weighted by Gasteiger charge is 2.14. The number of hydrogen-bond acceptors (Lipinski definition) is 6. The van der Waals surface area contributed by atoms with Gasteiger partial charge in [-0.15, -0.1) is 5.10 Å². The van der Waals surface area contributed by atoms with Crippen molar-refractivity contribution in [3.63, 3.8) is 0 Å². The van der Waals surface area contributed by atoms with Crippen LogP contribution in [0.2, 0.25) is 0 Å². The van der Waals surface area contributed by atoms with Crippen molar-refractivity contribution in [3.8, 4) is 0 Å². The number of rotatable bonds is 2. The highest BCUT2D eigenvalue weighted by Crippen LogP contribution is 2.00. The molecule has 2 heterocycles. The predicted molar refractivity (Wildman–Crippen MR) is 57.1 cm³/mol. The number of aromatic nitrogens is 5. The summed E-state index contributed by atoms with van der Waals surface area (Å²) in [5.41, 5.74) is 4.19. The molecule has 2 rings (SSSR count). The summed E-state index contributed by atoms with van der Waals surface area (Å²) in [6, 6.07) is 0. The van der Waals surface area contributed by atoms with E-state index in [0.29, 0.717) is 4.68 Å². The van der Waals surface area contributed by atoms with Crippen LogP contribution in [-0.4, -0.2) is 35.4 Å². The lowest BCUT2D eigenvalue weighted by Gasteiger charge is -1.98. The number of fused-ring (bicyclic) bond motifs is 1. The van der Waals surface area contributed by atoms with Gasteiger partial charge in [0.25, 0.3) is 5.91 Å². The van der Waals surface area contributed by atoms with E-state index in [0.717, 1.165) is 10.7 Å². The van der Waals surface area contributed by atoms with Gasteiger partial charge in [0.2, 0.25) is 0 Å². The van der Waals surface area contributed by atoms with Crippen LogP contribution in [0.1, 0.15) is 24.3 Å². The monoisotopic (exact) mass is 240 g/mol. The first-order valence-electron chi connectivity index (χ1n) is 4.86. The molecule has 0 saturated carbocycles. The van der Waals surface area contributed by atoms with Gasteiger partial charge >= 0.3 is 5.69 Å². The molecule has 0 unspecified atom stereocenters. The van der Waals surface area contributed by atoms with Crippen LogP contribution in [0.15, 0.2) is 11.1 Å². The topological polar surface area (TPSA) is 128 Å². The number of nitrogens with zero attached hydrogens (tertiary/aromatic N) is 5. The van der Waals surface area contributed by atoms with Gasteiger partial charge in [0, 0.05) is 0 Å². The second-order valence-electron chi connectivity index (χ2n) is 2.66. The van der Waals surface area contributed by atoms with Gasteiger partial charge in [0.05, 0.1) is 0 Å². The molecule has 0 radical (unpaired) electrons. The van der Waals surface area contributed by atoms with Crippen LogP contribution in [-0.2, 0) is 6.73 Å². The lowest BCUT2D eigenvalue weighted by atomic mass is 10.4. The molecule has 0 spiro atoms. The van der Waals surface area contributed by atoms with E-state index in [-0.39, 0.29) is 11.3 Å². The normalized spacial score (nSPS) is 9.82. The zero-order valence-corrected chi connectivity index (χ0v) is 9.36. The first-order valence-corrected chi connectivity index (χ1v) is 4.86. The molecule has 3 N–H and O–H groups in total. The standard InChI is InChI=1S/C6H6N6O3.C2H6/c7-4(14)3-5-9-10-12(2-13)6(15)11(5)1-8-3;1-2/h1,13H,2H2,(H2,7,14);1-2H3. The maximum atomic E-state index is 11.5. The number of carbonyl (C=O) groups is 1. The average molecular weight is 240 g/mol. The first-order chi connectivity index (χ1) is 8.15. The molecule has 9 nitrogen and oxygen atoms in total. The highest BCUT2D eigenvalue weighted by atomic mass is 16.3. The molecule has 2 aromatic heterocycles. The van der Waals surface area contributed by atoms with Crippen LogP contribution < -0.4 is 11.4 Å². The summed E-state index contributed by atoms with van der Waals surface area (Å²) >= 11 is 0. The molecule has 0 saturated heterocycles. The molecule has 9 heteroatoms. The molecular formula is C8H12N6O3. The smallest absolute Gasteiger partial charge is 0.355 e. The van der Waals surface area contributed by atoms with E-state index in [4.69, 9.17) is 10.8 Å². The second kappa shape index (κ2) is 5.16. The Kier molecular flexibility index (Phi) is 3.88. The Labute approximate surface area is 95.5 Å². The van der Waals surface area contributed by atoms with E-state index in [2.05, 4.69) is 15.3 Å². The second-order valence-corrected chi connectivity index (χ2v) is 2.66. The third-order valence-corrected chi connectivity index (χ3v) is 1.78. The Bertz CT molecular complexity index is 586. The van der Waals surface area contributed by atoms with Crippen LogP contribution in [0.3, 0.4) is 0 Å². The van der Waals surface area contributed by atoms with Crippen LogP contribution in [0, 0.1) is 0 Å². The molecule has 0 bridgehead atoms. The van der Waals surface area contributed by atoms with Gasteiger partial charge in [-0.2, -0.15) is 4.68 Å². The minimum atomic E-state index is -0.798. The summed E-state index contributed by atoms with van der Waals surface area (Å²) in [6.07, 6.45) is 1.10. The number of amides is 1. The molecule has 1 amide bonds. The SMILES string of the molecule is CC.NC(=O)c1ncn2c(=O)n(CO)nnc12. The van der Waals surface area contributed by atoms with Gasteiger partial charge in [0.15, 0.2) is 11.3 Å². The van der Waals surface area contributed by atoms with Crippen molar-refractivity contribution in [1.82, 2.24) is 24.4 Å². The molecule has 92 valence electrons. The lowest BCUT2D eigenvalue weighted by molar-refractivity contribution is 0.0997.